The molecule has 0 saturated carbocycles. The molecule has 0 aliphatic carbocycles. The van der Waals surface area contributed by atoms with Crippen LogP contribution in [0.4, 0.5) is 0 Å². The van der Waals surface area contributed by atoms with E-state index in [9.17, 15) is 0 Å². The van der Waals surface area contributed by atoms with Crippen LogP contribution in [0.25, 0.3) is 11.4 Å². The van der Waals surface area contributed by atoms with Crippen LogP contribution in [0.5, 0.6) is 11.5 Å². The molecular weight excluding hydrogens is 280 g/mol. The molecule has 0 bridgehead atoms. The molecule has 120 valence electrons. The number of aromatic amines is 1. The molecule has 6 nitrogen and oxygen atoms in total. The summed E-state index contributed by atoms with van der Waals surface area (Å²) in [5.74, 6) is 3.01. The van der Waals surface area contributed by atoms with Gasteiger partial charge in [0.15, 0.2) is 17.3 Å². The first kappa shape index (κ1) is 16.3. The van der Waals surface area contributed by atoms with Crippen LogP contribution in [-0.2, 0) is 0 Å². The van der Waals surface area contributed by atoms with Gasteiger partial charge in [-0.2, -0.15) is 5.10 Å². The molecule has 6 heteroatoms. The summed E-state index contributed by atoms with van der Waals surface area (Å²) >= 11 is 0. The second-order valence-corrected chi connectivity index (χ2v) is 5.34. The molecule has 0 fully saturated rings. The standard InChI is InChI=1S/C16H24N4O2/c1-5-21-12-8-7-11(9-13(12)22-6-2)15-18-16(20-19-15)14(17)10(3)4/h7-10,14H,5-6,17H2,1-4H3,(H,18,19,20). The van der Waals surface area contributed by atoms with E-state index >= 15 is 0 Å². The molecule has 1 aromatic carbocycles. The van der Waals surface area contributed by atoms with Crippen LogP contribution in [0, 0.1) is 5.92 Å². The van der Waals surface area contributed by atoms with E-state index in [1.165, 1.54) is 0 Å². The van der Waals surface area contributed by atoms with Crippen molar-refractivity contribution < 1.29 is 9.47 Å². The van der Waals surface area contributed by atoms with Crippen molar-refractivity contribution in [2.45, 2.75) is 33.7 Å². The van der Waals surface area contributed by atoms with Gasteiger partial charge in [-0.1, -0.05) is 13.8 Å². The number of aromatic nitrogens is 3. The highest BCUT2D eigenvalue weighted by atomic mass is 16.5. The number of hydrogen-bond donors (Lipinski definition) is 2. The zero-order valence-electron chi connectivity index (χ0n) is 13.6. The van der Waals surface area contributed by atoms with E-state index in [4.69, 9.17) is 15.2 Å². The molecule has 2 rings (SSSR count). The Morgan fingerprint density at radius 3 is 2.45 bits per heavy atom. The van der Waals surface area contributed by atoms with Crippen molar-refractivity contribution in [2.24, 2.45) is 11.7 Å². The summed E-state index contributed by atoms with van der Waals surface area (Å²) < 4.78 is 11.2. The fraction of sp³-hybridized carbons (Fsp3) is 0.500. The van der Waals surface area contributed by atoms with Crippen molar-refractivity contribution in [1.82, 2.24) is 15.2 Å². The van der Waals surface area contributed by atoms with Gasteiger partial charge in [-0.3, -0.25) is 5.10 Å². The summed E-state index contributed by atoms with van der Waals surface area (Å²) in [6, 6.07) is 5.53. The van der Waals surface area contributed by atoms with E-state index in [0.29, 0.717) is 36.5 Å². The molecule has 1 heterocycles. The van der Waals surface area contributed by atoms with Gasteiger partial charge < -0.3 is 15.2 Å². The summed E-state index contributed by atoms with van der Waals surface area (Å²) in [4.78, 5) is 4.49. The molecule has 3 N–H and O–H groups in total. The van der Waals surface area contributed by atoms with E-state index in [1.54, 1.807) is 0 Å². The SMILES string of the molecule is CCOc1ccc(-c2n[nH]c(C(N)C(C)C)n2)cc1OCC. The van der Waals surface area contributed by atoms with Gasteiger partial charge in [0.05, 0.1) is 19.3 Å². The summed E-state index contributed by atoms with van der Waals surface area (Å²) in [5, 5.41) is 7.17. The average molecular weight is 304 g/mol. The van der Waals surface area contributed by atoms with Crippen molar-refractivity contribution in [3.63, 3.8) is 0 Å². The first-order valence-corrected chi connectivity index (χ1v) is 7.64. The number of nitrogens with zero attached hydrogens (tertiary/aromatic N) is 2. The van der Waals surface area contributed by atoms with Crippen molar-refractivity contribution in [2.75, 3.05) is 13.2 Å². The first-order valence-electron chi connectivity index (χ1n) is 7.64. The molecule has 22 heavy (non-hydrogen) atoms. The van der Waals surface area contributed by atoms with Crippen LogP contribution in [0.1, 0.15) is 39.6 Å². The van der Waals surface area contributed by atoms with Crippen molar-refractivity contribution in [3.8, 4) is 22.9 Å². The molecule has 0 spiro atoms. The van der Waals surface area contributed by atoms with Gasteiger partial charge in [-0.15, -0.1) is 0 Å². The predicted octanol–water partition coefficient (Wildman–Crippen LogP) is 2.92. The zero-order valence-corrected chi connectivity index (χ0v) is 13.6. The lowest BCUT2D eigenvalue weighted by atomic mass is 10.1. The Morgan fingerprint density at radius 2 is 1.82 bits per heavy atom. The van der Waals surface area contributed by atoms with Crippen LogP contribution in [0.2, 0.25) is 0 Å². The lowest BCUT2D eigenvalue weighted by Gasteiger charge is -2.12. The van der Waals surface area contributed by atoms with Gasteiger partial charge in [-0.05, 0) is 38.0 Å². The highest BCUT2D eigenvalue weighted by Crippen LogP contribution is 2.32. The number of H-pyrrole nitrogens is 1. The molecular formula is C16H24N4O2. The molecule has 1 atom stereocenters. The van der Waals surface area contributed by atoms with Gasteiger partial charge in [0.2, 0.25) is 0 Å². The summed E-state index contributed by atoms with van der Waals surface area (Å²) in [7, 11) is 0. The predicted molar refractivity (Wildman–Crippen MR) is 85.9 cm³/mol. The molecule has 1 unspecified atom stereocenters. The van der Waals surface area contributed by atoms with E-state index < -0.39 is 0 Å². The second-order valence-electron chi connectivity index (χ2n) is 5.34. The minimum absolute atomic E-state index is 0.157. The van der Waals surface area contributed by atoms with Crippen molar-refractivity contribution in [1.29, 1.82) is 0 Å². The van der Waals surface area contributed by atoms with E-state index in [0.717, 1.165) is 11.3 Å². The Labute approximate surface area is 131 Å². The Morgan fingerprint density at radius 1 is 1.14 bits per heavy atom. The van der Waals surface area contributed by atoms with E-state index in [2.05, 4.69) is 29.0 Å². The van der Waals surface area contributed by atoms with Gasteiger partial charge in [0.25, 0.3) is 0 Å². The van der Waals surface area contributed by atoms with E-state index in [1.807, 2.05) is 32.0 Å². The maximum atomic E-state index is 6.09. The van der Waals surface area contributed by atoms with Crippen LogP contribution in [0.15, 0.2) is 18.2 Å². The minimum atomic E-state index is -0.157. The third kappa shape index (κ3) is 3.57. The number of ether oxygens (including phenoxy) is 2. The zero-order chi connectivity index (χ0) is 16.1. The van der Waals surface area contributed by atoms with E-state index in [-0.39, 0.29) is 6.04 Å². The summed E-state index contributed by atoms with van der Waals surface area (Å²) in [6.07, 6.45) is 0. The maximum absolute atomic E-state index is 6.09. The van der Waals surface area contributed by atoms with Crippen molar-refractivity contribution >= 4 is 0 Å². The normalized spacial score (nSPS) is 12.5. The first-order chi connectivity index (χ1) is 10.6. The molecule has 0 aliphatic heterocycles. The Kier molecular flexibility index (Phi) is 5.38. The molecule has 1 aromatic heterocycles. The van der Waals surface area contributed by atoms with Gasteiger partial charge >= 0.3 is 0 Å². The lowest BCUT2D eigenvalue weighted by molar-refractivity contribution is 0.288. The topological polar surface area (TPSA) is 86.0 Å². The van der Waals surface area contributed by atoms with Crippen LogP contribution in [-0.4, -0.2) is 28.4 Å². The number of nitrogens with one attached hydrogen (secondary N) is 1. The highest BCUT2D eigenvalue weighted by Gasteiger charge is 2.17. The van der Waals surface area contributed by atoms with Crippen LogP contribution >= 0.6 is 0 Å². The second kappa shape index (κ2) is 7.26. The molecule has 0 saturated heterocycles. The van der Waals surface area contributed by atoms with Crippen LogP contribution in [0.3, 0.4) is 0 Å². The highest BCUT2D eigenvalue weighted by molar-refractivity contribution is 5.61. The molecule has 0 radical (unpaired) electrons. The van der Waals surface area contributed by atoms with Gasteiger partial charge in [0, 0.05) is 5.56 Å². The number of rotatable bonds is 7. The quantitative estimate of drug-likeness (QED) is 0.821. The van der Waals surface area contributed by atoms with Gasteiger partial charge in [-0.25, -0.2) is 4.98 Å². The smallest absolute Gasteiger partial charge is 0.181 e. The monoisotopic (exact) mass is 304 g/mol. The third-order valence-electron chi connectivity index (χ3n) is 3.34. The molecule has 2 aromatic rings. The Bertz CT molecular complexity index is 610. The minimum Gasteiger partial charge on any atom is -0.490 e. The largest absolute Gasteiger partial charge is 0.490 e. The summed E-state index contributed by atoms with van der Waals surface area (Å²) in [6.45, 7) is 9.15. The van der Waals surface area contributed by atoms with Crippen LogP contribution < -0.4 is 15.2 Å². The Balaban J connectivity index is 2.30. The number of benzene rings is 1. The molecule has 0 amide bonds. The van der Waals surface area contributed by atoms with Gasteiger partial charge in [0.1, 0.15) is 5.82 Å². The number of hydrogen-bond acceptors (Lipinski definition) is 5. The fourth-order valence-corrected chi connectivity index (χ4v) is 2.06. The fourth-order valence-electron chi connectivity index (χ4n) is 2.06. The molecule has 0 aliphatic rings. The third-order valence-corrected chi connectivity index (χ3v) is 3.34. The maximum Gasteiger partial charge on any atom is 0.181 e. The average Bonchev–Trinajstić information content (AvgIpc) is 2.98. The number of nitrogens with two attached hydrogens (primary N) is 1. The van der Waals surface area contributed by atoms with Crippen molar-refractivity contribution in [3.05, 3.63) is 24.0 Å². The Hall–Kier alpha value is -2.08. The summed E-state index contributed by atoms with van der Waals surface area (Å²) in [5.41, 5.74) is 6.96. The lowest BCUT2D eigenvalue weighted by Crippen LogP contribution is -2.18.